The van der Waals surface area contributed by atoms with Crippen LogP contribution in [0.3, 0.4) is 0 Å². The fourth-order valence-corrected chi connectivity index (χ4v) is 3.61. The minimum atomic E-state index is -0.286. The van der Waals surface area contributed by atoms with Crippen LogP contribution < -0.4 is 5.32 Å². The second kappa shape index (κ2) is 8.72. The van der Waals surface area contributed by atoms with Crippen molar-refractivity contribution in [3.63, 3.8) is 0 Å². The van der Waals surface area contributed by atoms with Crippen LogP contribution >= 0.6 is 27.5 Å². The van der Waals surface area contributed by atoms with Crippen molar-refractivity contribution in [3.8, 4) is 11.3 Å². The first-order chi connectivity index (χ1) is 13.0. The first-order valence-electron chi connectivity index (χ1n) is 8.82. The van der Waals surface area contributed by atoms with Crippen molar-refractivity contribution in [2.75, 3.05) is 5.32 Å². The minimum Gasteiger partial charge on any atom is -0.360 e. The topological polar surface area (TPSA) is 55.1 Å². The molecule has 1 N–H and O–H groups in total. The van der Waals surface area contributed by atoms with Crippen LogP contribution in [-0.4, -0.2) is 11.1 Å². The van der Waals surface area contributed by atoms with Gasteiger partial charge in [0, 0.05) is 10.0 Å². The molecule has 0 unspecified atom stereocenters. The van der Waals surface area contributed by atoms with E-state index in [9.17, 15) is 4.79 Å². The van der Waals surface area contributed by atoms with Crippen LogP contribution in [0.2, 0.25) is 5.02 Å². The Morgan fingerprint density at radius 3 is 2.74 bits per heavy atom. The van der Waals surface area contributed by atoms with Gasteiger partial charge in [0.1, 0.15) is 17.0 Å². The van der Waals surface area contributed by atoms with Crippen molar-refractivity contribution in [2.45, 2.75) is 33.1 Å². The van der Waals surface area contributed by atoms with Gasteiger partial charge in [0.05, 0.1) is 10.7 Å². The molecule has 2 aromatic carbocycles. The van der Waals surface area contributed by atoms with Crippen LogP contribution in [0.5, 0.6) is 0 Å². The molecule has 0 spiro atoms. The lowest BCUT2D eigenvalue weighted by Gasteiger charge is -2.10. The van der Waals surface area contributed by atoms with Crippen LogP contribution in [0, 0.1) is 6.92 Å². The summed E-state index contributed by atoms with van der Waals surface area (Å²) in [5, 5.41) is 7.50. The summed E-state index contributed by atoms with van der Waals surface area (Å²) in [7, 11) is 0. The first kappa shape index (κ1) is 19.6. The molecule has 0 aliphatic carbocycles. The normalized spacial score (nSPS) is 10.8. The molecule has 0 aliphatic rings. The van der Waals surface area contributed by atoms with Crippen molar-refractivity contribution in [2.24, 2.45) is 0 Å². The molecule has 0 saturated heterocycles. The van der Waals surface area contributed by atoms with E-state index in [2.05, 4.69) is 33.3 Å². The lowest BCUT2D eigenvalue weighted by atomic mass is 10.1. The Bertz CT molecular complexity index is 969. The highest BCUT2D eigenvalue weighted by Gasteiger charge is 2.23. The highest BCUT2D eigenvalue weighted by atomic mass is 79.9. The molecule has 4 nitrogen and oxygen atoms in total. The van der Waals surface area contributed by atoms with Crippen LogP contribution in [-0.2, 0) is 6.42 Å². The van der Waals surface area contributed by atoms with Gasteiger partial charge >= 0.3 is 0 Å². The summed E-state index contributed by atoms with van der Waals surface area (Å²) in [5.41, 5.74) is 3.41. The van der Waals surface area contributed by atoms with Gasteiger partial charge in [0.2, 0.25) is 0 Å². The van der Waals surface area contributed by atoms with E-state index in [4.69, 9.17) is 16.1 Å². The van der Waals surface area contributed by atoms with E-state index in [1.165, 1.54) is 5.56 Å². The monoisotopic (exact) mass is 446 g/mol. The highest BCUT2D eigenvalue weighted by Crippen LogP contribution is 2.32. The summed E-state index contributed by atoms with van der Waals surface area (Å²) in [5.74, 6) is 0.156. The number of anilines is 1. The zero-order chi connectivity index (χ0) is 19.4. The molecule has 0 saturated carbocycles. The highest BCUT2D eigenvalue weighted by molar-refractivity contribution is 9.10. The molecular weight excluding hydrogens is 428 g/mol. The number of amides is 1. The van der Waals surface area contributed by atoms with E-state index in [-0.39, 0.29) is 5.91 Å². The molecule has 1 aromatic heterocycles. The molecular formula is C21H20BrClN2O2. The van der Waals surface area contributed by atoms with Gasteiger partial charge in [0.15, 0.2) is 0 Å². The van der Waals surface area contributed by atoms with Crippen molar-refractivity contribution < 1.29 is 9.32 Å². The zero-order valence-corrected chi connectivity index (χ0v) is 17.5. The number of unbranched alkanes of at least 4 members (excludes halogenated alkanes) is 1. The summed E-state index contributed by atoms with van der Waals surface area (Å²) >= 11 is 9.82. The second-order valence-electron chi connectivity index (χ2n) is 6.31. The number of nitrogens with one attached hydrogen (secondary N) is 1. The molecule has 0 radical (unpaired) electrons. The summed E-state index contributed by atoms with van der Waals surface area (Å²) < 4.78 is 6.12. The average molecular weight is 448 g/mol. The van der Waals surface area contributed by atoms with Crippen molar-refractivity contribution in [3.05, 3.63) is 68.8 Å². The van der Waals surface area contributed by atoms with E-state index in [1.54, 1.807) is 13.0 Å². The summed E-state index contributed by atoms with van der Waals surface area (Å²) in [6.07, 6.45) is 3.30. The van der Waals surface area contributed by atoms with Gasteiger partial charge in [-0.25, -0.2) is 0 Å². The maximum Gasteiger partial charge on any atom is 0.261 e. The Balaban J connectivity index is 1.88. The number of carbonyl (C=O) groups excluding carboxylic acids is 1. The second-order valence-corrected chi connectivity index (χ2v) is 7.58. The number of aryl methyl sites for hydroxylation is 2. The predicted octanol–water partition coefficient (Wildman–Crippen LogP) is 6.66. The fraction of sp³-hybridized carbons (Fsp3) is 0.238. The Kier molecular flexibility index (Phi) is 6.34. The number of nitrogens with zero attached hydrogens (tertiary/aromatic N) is 1. The molecule has 0 atom stereocenters. The van der Waals surface area contributed by atoms with Gasteiger partial charge in [-0.1, -0.05) is 54.4 Å². The van der Waals surface area contributed by atoms with Gasteiger partial charge in [0.25, 0.3) is 5.91 Å². The number of halogens is 2. The Morgan fingerprint density at radius 2 is 2.04 bits per heavy atom. The number of hydrogen-bond acceptors (Lipinski definition) is 3. The molecule has 3 rings (SSSR count). The molecule has 0 bridgehead atoms. The quantitative estimate of drug-likeness (QED) is 0.459. The van der Waals surface area contributed by atoms with E-state index < -0.39 is 0 Å². The molecule has 0 aliphatic heterocycles. The minimum absolute atomic E-state index is 0.286. The van der Waals surface area contributed by atoms with Crippen molar-refractivity contribution in [1.82, 2.24) is 5.16 Å². The maximum absolute atomic E-state index is 12.9. The predicted molar refractivity (Wildman–Crippen MR) is 112 cm³/mol. The Morgan fingerprint density at radius 1 is 1.26 bits per heavy atom. The maximum atomic E-state index is 12.9. The van der Waals surface area contributed by atoms with Crippen LogP contribution in [0.15, 0.2) is 51.5 Å². The molecule has 140 valence electrons. The zero-order valence-electron chi connectivity index (χ0n) is 15.2. The number of rotatable bonds is 6. The fourth-order valence-electron chi connectivity index (χ4n) is 2.86. The SMILES string of the molecule is CCCCc1ccc(NC(=O)c2c(-c3ccccc3Cl)noc2C)c(Br)c1. The molecule has 3 aromatic rings. The van der Waals surface area contributed by atoms with Gasteiger partial charge in [-0.05, 0) is 59.5 Å². The smallest absolute Gasteiger partial charge is 0.261 e. The van der Waals surface area contributed by atoms with E-state index >= 15 is 0 Å². The van der Waals surface area contributed by atoms with Gasteiger partial charge < -0.3 is 9.84 Å². The average Bonchev–Trinajstić information content (AvgIpc) is 3.03. The summed E-state index contributed by atoms with van der Waals surface area (Å²) in [6.45, 7) is 3.88. The first-order valence-corrected chi connectivity index (χ1v) is 9.99. The van der Waals surface area contributed by atoms with Gasteiger partial charge in [-0.3, -0.25) is 4.79 Å². The molecule has 1 heterocycles. The number of benzene rings is 2. The number of hydrogen-bond donors (Lipinski definition) is 1. The molecule has 0 fully saturated rings. The van der Waals surface area contributed by atoms with Crippen LogP contribution in [0.4, 0.5) is 5.69 Å². The van der Waals surface area contributed by atoms with Gasteiger partial charge in [-0.15, -0.1) is 0 Å². The van der Waals surface area contributed by atoms with Crippen molar-refractivity contribution in [1.29, 1.82) is 0 Å². The third-order valence-corrected chi connectivity index (χ3v) is 5.31. The standard InChI is InChI=1S/C21H20BrClN2O2/c1-3-4-7-14-10-11-18(16(22)12-14)24-21(26)19-13(2)27-25-20(19)15-8-5-6-9-17(15)23/h5-6,8-12H,3-4,7H2,1-2H3,(H,24,26). The van der Waals surface area contributed by atoms with Gasteiger partial charge in [-0.2, -0.15) is 0 Å². The van der Waals surface area contributed by atoms with E-state index in [0.29, 0.717) is 33.3 Å². The largest absolute Gasteiger partial charge is 0.360 e. The van der Waals surface area contributed by atoms with E-state index in [1.807, 2.05) is 36.4 Å². The molecule has 1 amide bonds. The lowest BCUT2D eigenvalue weighted by Crippen LogP contribution is -2.14. The Labute approximate surface area is 172 Å². The summed E-state index contributed by atoms with van der Waals surface area (Å²) in [4.78, 5) is 12.9. The number of aromatic nitrogens is 1. The van der Waals surface area contributed by atoms with Crippen LogP contribution in [0.1, 0.15) is 41.4 Å². The molecule has 6 heteroatoms. The van der Waals surface area contributed by atoms with Crippen LogP contribution in [0.25, 0.3) is 11.3 Å². The van der Waals surface area contributed by atoms with Crippen molar-refractivity contribution >= 4 is 39.1 Å². The molecule has 27 heavy (non-hydrogen) atoms. The lowest BCUT2D eigenvalue weighted by molar-refractivity contribution is 0.102. The Hall–Kier alpha value is -2.11. The van der Waals surface area contributed by atoms with E-state index in [0.717, 1.165) is 23.7 Å². The summed E-state index contributed by atoms with van der Waals surface area (Å²) in [6, 6.07) is 13.2. The third kappa shape index (κ3) is 4.42. The third-order valence-electron chi connectivity index (χ3n) is 4.32. The number of carbonyl (C=O) groups is 1.